The Hall–Kier alpha value is -2.14. The molecule has 102 valence electrons. The Kier molecular flexibility index (Phi) is 6.32. The van der Waals surface area contributed by atoms with Gasteiger partial charge in [0.25, 0.3) is 0 Å². The maximum Gasteiger partial charge on any atom is 0.306 e. The summed E-state index contributed by atoms with van der Waals surface area (Å²) in [5.41, 5.74) is 0.923. The molecule has 19 heavy (non-hydrogen) atoms. The number of carbonyl (C=O) groups excluding carboxylic acids is 1. The second kappa shape index (κ2) is 8.05. The second-order valence-electron chi connectivity index (χ2n) is 3.94. The molecule has 1 rings (SSSR count). The predicted octanol–water partition coefficient (Wildman–Crippen LogP) is 1.31. The van der Waals surface area contributed by atoms with Gasteiger partial charge in [-0.3, -0.25) is 9.59 Å². The predicted molar refractivity (Wildman–Crippen MR) is 71.5 cm³/mol. The average Bonchev–Trinajstić information content (AvgIpc) is 2.42. The summed E-state index contributed by atoms with van der Waals surface area (Å²) in [5, 5.41) is 11.2. The molecule has 2 N–H and O–H groups in total. The van der Waals surface area contributed by atoms with Crippen molar-refractivity contribution in [3.63, 3.8) is 0 Å². The number of aliphatic carboxylic acids is 1. The minimum Gasteiger partial charge on any atom is -0.481 e. The minimum atomic E-state index is -0.957. The van der Waals surface area contributed by atoms with E-state index < -0.39 is 12.1 Å². The number of carbonyl (C=O) groups is 2. The van der Waals surface area contributed by atoms with Crippen LogP contribution in [0.2, 0.25) is 0 Å². The van der Waals surface area contributed by atoms with Crippen molar-refractivity contribution in [2.75, 3.05) is 13.7 Å². The molecule has 1 atom stereocenters. The van der Waals surface area contributed by atoms with Crippen LogP contribution in [0.15, 0.2) is 36.4 Å². The summed E-state index contributed by atoms with van der Waals surface area (Å²) in [5.74, 6) is -1.24. The third kappa shape index (κ3) is 6.38. The van der Waals surface area contributed by atoms with Gasteiger partial charge < -0.3 is 15.2 Å². The van der Waals surface area contributed by atoms with E-state index in [9.17, 15) is 9.59 Å². The maximum atomic E-state index is 11.5. The summed E-state index contributed by atoms with van der Waals surface area (Å²) in [6, 6.07) is 9.42. The first-order valence-electron chi connectivity index (χ1n) is 5.87. The molecule has 1 aromatic carbocycles. The van der Waals surface area contributed by atoms with Gasteiger partial charge >= 0.3 is 5.97 Å². The lowest BCUT2D eigenvalue weighted by Crippen LogP contribution is -2.33. The van der Waals surface area contributed by atoms with E-state index in [4.69, 9.17) is 9.84 Å². The van der Waals surface area contributed by atoms with Gasteiger partial charge in [-0.2, -0.15) is 0 Å². The van der Waals surface area contributed by atoms with Crippen molar-refractivity contribution in [1.29, 1.82) is 0 Å². The fraction of sp³-hybridized carbons (Fsp3) is 0.286. The first-order chi connectivity index (χ1) is 9.11. The number of methoxy groups -OCH3 is 1. The number of amides is 1. The SMILES string of the molecule is COC(CNC(=O)/C=C/c1ccccc1)CC(=O)O. The fourth-order valence-corrected chi connectivity index (χ4v) is 1.44. The quantitative estimate of drug-likeness (QED) is 0.727. The van der Waals surface area contributed by atoms with E-state index in [0.29, 0.717) is 0 Å². The van der Waals surface area contributed by atoms with Gasteiger partial charge in [0.15, 0.2) is 0 Å². The van der Waals surface area contributed by atoms with E-state index in [2.05, 4.69) is 5.32 Å². The zero-order valence-corrected chi connectivity index (χ0v) is 10.7. The fourth-order valence-electron chi connectivity index (χ4n) is 1.44. The van der Waals surface area contributed by atoms with Crippen molar-refractivity contribution in [3.05, 3.63) is 42.0 Å². The second-order valence-corrected chi connectivity index (χ2v) is 3.94. The molecule has 5 heteroatoms. The summed E-state index contributed by atoms with van der Waals surface area (Å²) in [6.45, 7) is 0.167. The average molecular weight is 263 g/mol. The van der Waals surface area contributed by atoms with Crippen LogP contribution in [-0.4, -0.2) is 36.7 Å². The monoisotopic (exact) mass is 263 g/mol. The summed E-state index contributed by atoms with van der Waals surface area (Å²) in [6.07, 6.45) is 2.43. The summed E-state index contributed by atoms with van der Waals surface area (Å²) in [4.78, 5) is 22.0. The Labute approximate surface area is 111 Å². The van der Waals surface area contributed by atoms with Crippen molar-refractivity contribution in [3.8, 4) is 0 Å². The van der Waals surface area contributed by atoms with E-state index in [1.54, 1.807) is 6.08 Å². The van der Waals surface area contributed by atoms with Crippen LogP contribution in [0.5, 0.6) is 0 Å². The Balaban J connectivity index is 2.39. The highest BCUT2D eigenvalue weighted by Crippen LogP contribution is 2.00. The molecule has 5 nitrogen and oxygen atoms in total. The van der Waals surface area contributed by atoms with E-state index in [0.717, 1.165) is 5.56 Å². The third-order valence-corrected chi connectivity index (χ3v) is 2.47. The van der Waals surface area contributed by atoms with Crippen molar-refractivity contribution in [1.82, 2.24) is 5.32 Å². The van der Waals surface area contributed by atoms with E-state index in [-0.39, 0.29) is 18.9 Å². The molecule has 0 aliphatic rings. The van der Waals surface area contributed by atoms with Crippen LogP contribution in [0.4, 0.5) is 0 Å². The third-order valence-electron chi connectivity index (χ3n) is 2.47. The van der Waals surface area contributed by atoms with Crippen molar-refractivity contribution in [2.24, 2.45) is 0 Å². The van der Waals surface area contributed by atoms with Crippen molar-refractivity contribution in [2.45, 2.75) is 12.5 Å². The van der Waals surface area contributed by atoms with Crippen molar-refractivity contribution < 1.29 is 19.4 Å². The maximum absolute atomic E-state index is 11.5. The molecule has 0 bridgehead atoms. The van der Waals surface area contributed by atoms with Crippen LogP contribution < -0.4 is 5.32 Å². The number of rotatable bonds is 7. The molecule has 0 saturated heterocycles. The topological polar surface area (TPSA) is 75.6 Å². The largest absolute Gasteiger partial charge is 0.481 e. The van der Waals surface area contributed by atoms with Gasteiger partial charge in [0.05, 0.1) is 12.5 Å². The molecule has 0 heterocycles. The molecule has 0 saturated carbocycles. The number of carboxylic acid groups (broad SMARTS) is 1. The van der Waals surface area contributed by atoms with Gasteiger partial charge in [0.2, 0.25) is 5.91 Å². The molecular formula is C14H17NO4. The zero-order valence-electron chi connectivity index (χ0n) is 10.7. The van der Waals surface area contributed by atoms with Crippen LogP contribution in [0, 0.1) is 0 Å². The summed E-state index contributed by atoms with van der Waals surface area (Å²) in [7, 11) is 1.42. The highest BCUT2D eigenvalue weighted by Gasteiger charge is 2.12. The first-order valence-corrected chi connectivity index (χ1v) is 5.87. The molecule has 0 aliphatic heterocycles. The number of hydrogen-bond donors (Lipinski definition) is 2. The Morgan fingerprint density at radius 1 is 1.37 bits per heavy atom. The summed E-state index contributed by atoms with van der Waals surface area (Å²) >= 11 is 0. The Bertz CT molecular complexity index is 442. The number of ether oxygens (including phenoxy) is 1. The van der Waals surface area contributed by atoms with Gasteiger partial charge in [-0.25, -0.2) is 0 Å². The van der Waals surface area contributed by atoms with Gasteiger partial charge in [0.1, 0.15) is 0 Å². The molecule has 0 aliphatic carbocycles. The van der Waals surface area contributed by atoms with Gasteiger partial charge in [0, 0.05) is 19.7 Å². The first kappa shape index (κ1) is 14.9. The highest BCUT2D eigenvalue weighted by atomic mass is 16.5. The normalized spacial score (nSPS) is 12.3. The van der Waals surface area contributed by atoms with Crippen LogP contribution in [0.1, 0.15) is 12.0 Å². The van der Waals surface area contributed by atoms with E-state index in [1.807, 2.05) is 30.3 Å². The molecule has 0 spiro atoms. The standard InChI is InChI=1S/C14H17NO4/c1-19-12(9-14(17)18)10-15-13(16)8-7-11-5-3-2-4-6-11/h2-8,12H,9-10H2,1H3,(H,15,16)(H,17,18)/b8-7+. The molecular weight excluding hydrogens is 246 g/mol. The molecule has 1 unspecified atom stereocenters. The summed E-state index contributed by atoms with van der Waals surface area (Å²) < 4.78 is 4.95. The zero-order chi connectivity index (χ0) is 14.1. The number of benzene rings is 1. The molecule has 0 radical (unpaired) electrons. The molecule has 1 aromatic rings. The smallest absolute Gasteiger partial charge is 0.306 e. The van der Waals surface area contributed by atoms with Crippen molar-refractivity contribution >= 4 is 18.0 Å². The lowest BCUT2D eigenvalue weighted by Gasteiger charge is -2.12. The lowest BCUT2D eigenvalue weighted by molar-refractivity contribution is -0.140. The van der Waals surface area contributed by atoms with Gasteiger partial charge in [-0.1, -0.05) is 30.3 Å². The van der Waals surface area contributed by atoms with Crippen LogP contribution >= 0.6 is 0 Å². The van der Waals surface area contributed by atoms with Gasteiger partial charge in [-0.05, 0) is 11.6 Å². The number of carboxylic acids is 1. The minimum absolute atomic E-state index is 0.140. The molecule has 1 amide bonds. The van der Waals surface area contributed by atoms with E-state index in [1.165, 1.54) is 13.2 Å². The van der Waals surface area contributed by atoms with Crippen LogP contribution in [-0.2, 0) is 14.3 Å². The highest BCUT2D eigenvalue weighted by molar-refractivity contribution is 5.91. The number of nitrogens with one attached hydrogen (secondary N) is 1. The Morgan fingerprint density at radius 2 is 2.05 bits per heavy atom. The van der Waals surface area contributed by atoms with Crippen LogP contribution in [0.25, 0.3) is 6.08 Å². The Morgan fingerprint density at radius 3 is 2.63 bits per heavy atom. The molecule has 0 aromatic heterocycles. The van der Waals surface area contributed by atoms with Gasteiger partial charge in [-0.15, -0.1) is 0 Å². The van der Waals surface area contributed by atoms with E-state index >= 15 is 0 Å². The number of hydrogen-bond acceptors (Lipinski definition) is 3. The van der Waals surface area contributed by atoms with Crippen LogP contribution in [0.3, 0.4) is 0 Å². The molecule has 0 fully saturated rings. The lowest BCUT2D eigenvalue weighted by atomic mass is 10.2.